The molecule has 0 unspecified atom stereocenters. The largest absolute Gasteiger partial charge is 0.468 e. The average Bonchev–Trinajstić information content (AvgIpc) is 3.08. The fraction of sp³-hybridized carbons (Fsp3) is 0.783. The second kappa shape index (κ2) is 6.43. The lowest BCUT2D eigenvalue weighted by molar-refractivity contribution is -0.173. The van der Waals surface area contributed by atoms with Crippen LogP contribution in [0.4, 0.5) is 0 Å². The van der Waals surface area contributed by atoms with Gasteiger partial charge in [-0.05, 0) is 73.7 Å². The van der Waals surface area contributed by atoms with Gasteiger partial charge in [-0.3, -0.25) is 14.4 Å². The average molecular weight is 389 g/mol. The topological polar surface area (TPSA) is 69.7 Å². The van der Waals surface area contributed by atoms with E-state index < -0.39 is 17.4 Å². The molecule has 0 N–H and O–H groups in total. The van der Waals surface area contributed by atoms with Crippen molar-refractivity contribution in [2.45, 2.75) is 65.2 Å². The van der Waals surface area contributed by atoms with Crippen molar-refractivity contribution in [3.63, 3.8) is 0 Å². The Labute approximate surface area is 167 Å². The molecule has 5 nitrogen and oxygen atoms in total. The van der Waals surface area contributed by atoms with E-state index in [9.17, 15) is 14.4 Å². The maximum absolute atomic E-state index is 13.3. The minimum Gasteiger partial charge on any atom is -0.468 e. The van der Waals surface area contributed by atoms with Gasteiger partial charge in [-0.15, -0.1) is 0 Å². The molecular formula is C23H32O5. The maximum atomic E-state index is 13.3. The third-order valence-electron chi connectivity index (χ3n) is 8.96. The number of hydrogen-bond acceptors (Lipinski definition) is 5. The summed E-state index contributed by atoms with van der Waals surface area (Å²) in [5.41, 5.74) is -0.205. The van der Waals surface area contributed by atoms with Crippen LogP contribution < -0.4 is 0 Å². The summed E-state index contributed by atoms with van der Waals surface area (Å²) in [7, 11) is 2.61. The van der Waals surface area contributed by atoms with Crippen LogP contribution in [-0.2, 0) is 23.9 Å². The molecule has 0 amide bonds. The van der Waals surface area contributed by atoms with Crippen molar-refractivity contribution in [1.82, 2.24) is 0 Å². The Balaban J connectivity index is 1.73. The molecule has 0 aromatic heterocycles. The SMILES string of the molecule is COC(=O)C1(C(=O)OC)CC[C@@]2(C)C(=CC(=O)[C@H]3[C@@H]4CCC[C@@]4(C)CC[C@@H]32)C1. The number of allylic oxidation sites excluding steroid dienone is 2. The van der Waals surface area contributed by atoms with E-state index in [1.807, 2.05) is 0 Å². The van der Waals surface area contributed by atoms with E-state index in [1.54, 1.807) is 6.08 Å². The highest BCUT2D eigenvalue weighted by Crippen LogP contribution is 2.65. The van der Waals surface area contributed by atoms with E-state index in [0.717, 1.165) is 18.4 Å². The molecule has 0 aromatic carbocycles. The minimum atomic E-state index is -1.32. The molecule has 0 bridgehead atoms. The highest BCUT2D eigenvalue weighted by molar-refractivity contribution is 6.01. The first-order valence-corrected chi connectivity index (χ1v) is 10.6. The highest BCUT2D eigenvalue weighted by atomic mass is 16.5. The zero-order valence-corrected chi connectivity index (χ0v) is 17.5. The second-order valence-corrected chi connectivity index (χ2v) is 10.1. The van der Waals surface area contributed by atoms with Crippen LogP contribution in [0.25, 0.3) is 0 Å². The number of hydrogen-bond donors (Lipinski definition) is 0. The smallest absolute Gasteiger partial charge is 0.323 e. The van der Waals surface area contributed by atoms with Crippen LogP contribution in [0.2, 0.25) is 0 Å². The lowest BCUT2D eigenvalue weighted by Crippen LogP contribution is -2.55. The zero-order chi connectivity index (χ0) is 20.3. The van der Waals surface area contributed by atoms with Crippen molar-refractivity contribution >= 4 is 17.7 Å². The monoisotopic (exact) mass is 388 g/mol. The van der Waals surface area contributed by atoms with E-state index in [-0.39, 0.29) is 23.5 Å². The number of methoxy groups -OCH3 is 2. The van der Waals surface area contributed by atoms with E-state index in [2.05, 4.69) is 13.8 Å². The van der Waals surface area contributed by atoms with E-state index in [1.165, 1.54) is 33.5 Å². The number of esters is 2. The summed E-state index contributed by atoms with van der Waals surface area (Å²) in [5.74, 6) is -0.0157. The summed E-state index contributed by atoms with van der Waals surface area (Å²) in [5, 5.41) is 0. The van der Waals surface area contributed by atoms with Crippen LogP contribution in [-0.4, -0.2) is 31.9 Å². The number of carbonyl (C=O) groups is 3. The van der Waals surface area contributed by atoms with Crippen molar-refractivity contribution in [3.05, 3.63) is 11.6 Å². The number of ether oxygens (including phenoxy) is 2. The molecule has 3 fully saturated rings. The second-order valence-electron chi connectivity index (χ2n) is 10.1. The maximum Gasteiger partial charge on any atom is 0.323 e. The summed E-state index contributed by atoms with van der Waals surface area (Å²) in [6, 6.07) is 0. The van der Waals surface area contributed by atoms with Crippen molar-refractivity contribution < 1.29 is 23.9 Å². The third-order valence-corrected chi connectivity index (χ3v) is 8.96. The summed E-state index contributed by atoms with van der Waals surface area (Å²) in [4.78, 5) is 38.5. The Morgan fingerprint density at radius 1 is 0.964 bits per heavy atom. The molecule has 4 aliphatic carbocycles. The molecule has 5 heteroatoms. The quantitative estimate of drug-likeness (QED) is 0.531. The van der Waals surface area contributed by atoms with Crippen LogP contribution in [0.1, 0.15) is 65.2 Å². The number of fused-ring (bicyclic) bond motifs is 5. The molecule has 0 aliphatic heterocycles. The Morgan fingerprint density at radius 3 is 2.29 bits per heavy atom. The first-order chi connectivity index (χ1) is 13.2. The van der Waals surface area contributed by atoms with Gasteiger partial charge < -0.3 is 9.47 Å². The van der Waals surface area contributed by atoms with Gasteiger partial charge in [0.1, 0.15) is 0 Å². The van der Waals surface area contributed by atoms with Crippen molar-refractivity contribution in [1.29, 1.82) is 0 Å². The first kappa shape index (κ1) is 19.7. The number of rotatable bonds is 2. The Bertz CT molecular complexity index is 736. The Hall–Kier alpha value is -1.65. The molecule has 28 heavy (non-hydrogen) atoms. The van der Waals surface area contributed by atoms with Gasteiger partial charge >= 0.3 is 11.9 Å². The summed E-state index contributed by atoms with van der Waals surface area (Å²) >= 11 is 0. The summed E-state index contributed by atoms with van der Waals surface area (Å²) in [6.07, 6.45) is 8.98. The zero-order valence-electron chi connectivity index (χ0n) is 17.5. The van der Waals surface area contributed by atoms with Crippen molar-refractivity contribution in [3.8, 4) is 0 Å². The van der Waals surface area contributed by atoms with Gasteiger partial charge in [-0.2, -0.15) is 0 Å². The first-order valence-electron chi connectivity index (χ1n) is 10.6. The molecule has 0 radical (unpaired) electrons. The van der Waals surface area contributed by atoms with Gasteiger partial charge in [0, 0.05) is 5.92 Å². The molecule has 3 saturated carbocycles. The highest BCUT2D eigenvalue weighted by Gasteiger charge is 2.62. The molecule has 4 aliphatic rings. The lowest BCUT2D eigenvalue weighted by Gasteiger charge is -2.57. The van der Waals surface area contributed by atoms with Gasteiger partial charge in [0.15, 0.2) is 11.2 Å². The fourth-order valence-corrected chi connectivity index (χ4v) is 7.22. The standard InChI is InChI=1S/C23H32O5/c1-21-8-5-6-15(21)18-16(7-9-21)22(2)10-11-23(19(25)27-3,20(26)28-4)13-14(22)12-17(18)24/h12,15-16,18H,5-11,13H2,1-4H3/t15-,16-,18-,21-,22-/m0/s1. The van der Waals surface area contributed by atoms with Crippen LogP contribution in [0, 0.1) is 34.0 Å². The van der Waals surface area contributed by atoms with Gasteiger partial charge in [0.05, 0.1) is 14.2 Å². The van der Waals surface area contributed by atoms with Crippen LogP contribution in [0.15, 0.2) is 11.6 Å². The number of ketones is 1. The van der Waals surface area contributed by atoms with Crippen LogP contribution in [0.5, 0.6) is 0 Å². The molecular weight excluding hydrogens is 356 g/mol. The molecule has 0 aromatic rings. The Morgan fingerprint density at radius 2 is 1.64 bits per heavy atom. The van der Waals surface area contributed by atoms with Crippen molar-refractivity contribution in [2.24, 2.45) is 34.0 Å². The van der Waals surface area contributed by atoms with E-state index in [4.69, 9.17) is 9.47 Å². The normalized spacial score (nSPS) is 41.2. The summed E-state index contributed by atoms with van der Waals surface area (Å²) in [6.45, 7) is 4.62. The minimum absolute atomic E-state index is 0.0961. The predicted molar refractivity (Wildman–Crippen MR) is 103 cm³/mol. The Kier molecular flexibility index (Phi) is 4.51. The predicted octanol–water partition coefficient (Wildman–Crippen LogP) is 3.85. The van der Waals surface area contributed by atoms with Crippen molar-refractivity contribution in [2.75, 3.05) is 14.2 Å². The molecule has 5 atom stereocenters. The fourth-order valence-electron chi connectivity index (χ4n) is 7.22. The van der Waals surface area contributed by atoms with Crippen LogP contribution >= 0.6 is 0 Å². The molecule has 0 saturated heterocycles. The molecule has 154 valence electrons. The van der Waals surface area contributed by atoms with E-state index in [0.29, 0.717) is 30.1 Å². The van der Waals surface area contributed by atoms with Crippen LogP contribution in [0.3, 0.4) is 0 Å². The number of carbonyl (C=O) groups excluding carboxylic acids is 3. The molecule has 0 heterocycles. The van der Waals surface area contributed by atoms with Gasteiger partial charge in [0.25, 0.3) is 0 Å². The lowest BCUT2D eigenvalue weighted by atomic mass is 9.46. The molecule has 4 rings (SSSR count). The van der Waals surface area contributed by atoms with Gasteiger partial charge in [0.2, 0.25) is 0 Å². The van der Waals surface area contributed by atoms with Gasteiger partial charge in [-0.1, -0.05) is 25.8 Å². The molecule has 0 spiro atoms. The third kappa shape index (κ3) is 2.47. The summed E-state index contributed by atoms with van der Waals surface area (Å²) < 4.78 is 9.96. The van der Waals surface area contributed by atoms with E-state index >= 15 is 0 Å². The van der Waals surface area contributed by atoms with Gasteiger partial charge in [-0.25, -0.2) is 0 Å².